The first kappa shape index (κ1) is 15.3. The van der Waals surface area contributed by atoms with Crippen LogP contribution in [0.15, 0.2) is 72.8 Å². The number of ether oxygens (including phenoxy) is 1. The molecule has 3 aromatic rings. The van der Waals surface area contributed by atoms with Crippen LogP contribution in [0.1, 0.15) is 10.4 Å². The molecule has 0 fully saturated rings. The Labute approximate surface area is 138 Å². The minimum absolute atomic E-state index is 0.0240. The van der Waals surface area contributed by atoms with Gasteiger partial charge in [-0.25, -0.2) is 9.18 Å². The monoisotopic (exact) mass is 326 g/mol. The van der Waals surface area contributed by atoms with Crippen LogP contribution in [0.3, 0.4) is 0 Å². The van der Waals surface area contributed by atoms with Crippen LogP contribution in [-0.4, -0.2) is 5.97 Å². The molecule has 3 rings (SSSR count). The van der Waals surface area contributed by atoms with Gasteiger partial charge in [0, 0.05) is 0 Å². The van der Waals surface area contributed by atoms with Crippen LogP contribution in [0.5, 0.6) is 5.75 Å². The van der Waals surface area contributed by atoms with Crippen molar-refractivity contribution in [2.45, 2.75) is 0 Å². The number of halogens is 2. The maximum atomic E-state index is 13.7. The molecule has 0 aromatic heterocycles. The van der Waals surface area contributed by atoms with Crippen molar-refractivity contribution in [2.24, 2.45) is 0 Å². The molecule has 0 saturated carbocycles. The molecule has 3 aromatic carbocycles. The van der Waals surface area contributed by atoms with Crippen molar-refractivity contribution in [1.82, 2.24) is 0 Å². The van der Waals surface area contributed by atoms with Gasteiger partial charge in [0.25, 0.3) is 0 Å². The van der Waals surface area contributed by atoms with E-state index in [4.69, 9.17) is 16.3 Å². The highest BCUT2D eigenvalue weighted by molar-refractivity contribution is 6.33. The topological polar surface area (TPSA) is 26.3 Å². The van der Waals surface area contributed by atoms with Crippen molar-refractivity contribution < 1.29 is 13.9 Å². The van der Waals surface area contributed by atoms with E-state index in [2.05, 4.69) is 0 Å². The van der Waals surface area contributed by atoms with Crippen molar-refractivity contribution in [3.05, 3.63) is 89.2 Å². The van der Waals surface area contributed by atoms with Gasteiger partial charge in [-0.2, -0.15) is 0 Å². The van der Waals surface area contributed by atoms with Gasteiger partial charge in [-0.05, 0) is 35.4 Å². The van der Waals surface area contributed by atoms with Crippen molar-refractivity contribution in [1.29, 1.82) is 0 Å². The quantitative estimate of drug-likeness (QED) is 0.478. The average molecular weight is 327 g/mol. The Morgan fingerprint density at radius 3 is 2.13 bits per heavy atom. The third-order valence-electron chi connectivity index (χ3n) is 3.34. The first-order valence-electron chi connectivity index (χ1n) is 6.97. The molecule has 0 bridgehead atoms. The summed E-state index contributed by atoms with van der Waals surface area (Å²) in [4.78, 5) is 12.1. The predicted octanol–water partition coefficient (Wildman–Crippen LogP) is 5.37. The highest BCUT2D eigenvalue weighted by atomic mass is 35.5. The highest BCUT2D eigenvalue weighted by Crippen LogP contribution is 2.24. The van der Waals surface area contributed by atoms with Crippen LogP contribution < -0.4 is 4.74 Å². The fourth-order valence-corrected chi connectivity index (χ4v) is 2.44. The van der Waals surface area contributed by atoms with E-state index in [9.17, 15) is 9.18 Å². The van der Waals surface area contributed by atoms with Crippen LogP contribution in [0.25, 0.3) is 11.1 Å². The molecule has 0 radical (unpaired) electrons. The summed E-state index contributed by atoms with van der Waals surface area (Å²) in [6.07, 6.45) is 0. The fraction of sp³-hybridized carbons (Fsp3) is 0. The van der Waals surface area contributed by atoms with Crippen molar-refractivity contribution in [2.75, 3.05) is 0 Å². The maximum absolute atomic E-state index is 13.7. The number of hydrogen-bond donors (Lipinski definition) is 0. The molecular weight excluding hydrogens is 315 g/mol. The number of carbonyl (C=O) groups excluding carboxylic acids is 1. The van der Waals surface area contributed by atoms with Crippen LogP contribution >= 0.6 is 11.6 Å². The van der Waals surface area contributed by atoms with E-state index >= 15 is 0 Å². The lowest BCUT2D eigenvalue weighted by Gasteiger charge is -2.08. The van der Waals surface area contributed by atoms with Gasteiger partial charge in [0.05, 0.1) is 5.02 Å². The van der Waals surface area contributed by atoms with Crippen LogP contribution in [0.2, 0.25) is 5.02 Å². The lowest BCUT2D eigenvalue weighted by Crippen LogP contribution is -2.11. The zero-order chi connectivity index (χ0) is 16.2. The van der Waals surface area contributed by atoms with Crippen LogP contribution in [0, 0.1) is 5.82 Å². The average Bonchev–Trinajstić information content (AvgIpc) is 2.56. The summed E-state index contributed by atoms with van der Waals surface area (Å²) >= 11 is 5.86. The minimum Gasteiger partial charge on any atom is -0.423 e. The molecule has 0 aliphatic heterocycles. The normalized spacial score (nSPS) is 10.3. The third-order valence-corrected chi connectivity index (χ3v) is 3.65. The maximum Gasteiger partial charge on any atom is 0.348 e. The van der Waals surface area contributed by atoms with Gasteiger partial charge >= 0.3 is 5.97 Å². The molecule has 0 aliphatic carbocycles. The van der Waals surface area contributed by atoms with Crippen LogP contribution in [-0.2, 0) is 0 Å². The summed E-state index contributed by atoms with van der Waals surface area (Å²) in [5.41, 5.74) is 1.79. The first-order valence-corrected chi connectivity index (χ1v) is 7.34. The lowest BCUT2D eigenvalue weighted by molar-refractivity contribution is 0.0730. The molecular formula is C19H12ClFO2. The van der Waals surface area contributed by atoms with E-state index in [0.717, 1.165) is 11.1 Å². The number of carbonyl (C=O) groups is 1. The molecule has 0 spiro atoms. The van der Waals surface area contributed by atoms with Gasteiger partial charge < -0.3 is 4.74 Å². The van der Waals surface area contributed by atoms with E-state index in [-0.39, 0.29) is 10.6 Å². The van der Waals surface area contributed by atoms with E-state index in [1.54, 1.807) is 12.1 Å². The SMILES string of the molecule is O=C(Oc1ccc(-c2ccccc2)cc1)c1c(F)cccc1Cl. The Morgan fingerprint density at radius 2 is 1.48 bits per heavy atom. The molecule has 114 valence electrons. The van der Waals surface area contributed by atoms with Gasteiger partial charge in [-0.1, -0.05) is 60.1 Å². The standard InChI is InChI=1S/C19H12ClFO2/c20-16-7-4-8-17(21)18(16)19(22)23-15-11-9-14(10-12-15)13-5-2-1-3-6-13/h1-12H. The van der Waals surface area contributed by atoms with Gasteiger partial charge in [0.15, 0.2) is 0 Å². The van der Waals surface area contributed by atoms with Gasteiger partial charge in [-0.15, -0.1) is 0 Å². The molecule has 0 aliphatic rings. The molecule has 0 saturated heterocycles. The second-order valence-corrected chi connectivity index (χ2v) is 5.28. The molecule has 23 heavy (non-hydrogen) atoms. The fourth-order valence-electron chi connectivity index (χ4n) is 2.20. The van der Waals surface area contributed by atoms with Crippen molar-refractivity contribution in [3.63, 3.8) is 0 Å². The highest BCUT2D eigenvalue weighted by Gasteiger charge is 2.17. The number of esters is 1. The third kappa shape index (κ3) is 3.41. The Morgan fingerprint density at radius 1 is 0.826 bits per heavy atom. The predicted molar refractivity (Wildman–Crippen MR) is 88.2 cm³/mol. The second-order valence-electron chi connectivity index (χ2n) is 4.88. The summed E-state index contributed by atoms with van der Waals surface area (Å²) in [5.74, 6) is -1.20. The van der Waals surface area contributed by atoms with Gasteiger partial charge in [0.2, 0.25) is 0 Å². The summed E-state index contributed by atoms with van der Waals surface area (Å²) in [6, 6.07) is 20.8. The molecule has 0 heterocycles. The second kappa shape index (κ2) is 6.63. The van der Waals surface area contributed by atoms with Gasteiger partial charge in [0.1, 0.15) is 17.1 Å². The van der Waals surface area contributed by atoms with E-state index in [1.165, 1.54) is 18.2 Å². The largest absolute Gasteiger partial charge is 0.423 e. The number of benzene rings is 3. The number of hydrogen-bond acceptors (Lipinski definition) is 2. The minimum atomic E-state index is -0.819. The van der Waals surface area contributed by atoms with Crippen LogP contribution in [0.4, 0.5) is 4.39 Å². The zero-order valence-electron chi connectivity index (χ0n) is 12.0. The lowest BCUT2D eigenvalue weighted by atomic mass is 10.1. The van der Waals surface area contributed by atoms with Crippen molar-refractivity contribution >= 4 is 17.6 Å². The Balaban J connectivity index is 1.80. The molecule has 0 unspecified atom stereocenters. The first-order chi connectivity index (χ1) is 11.1. The molecule has 0 amide bonds. The Kier molecular flexibility index (Phi) is 4.40. The molecule has 0 N–H and O–H groups in total. The van der Waals surface area contributed by atoms with E-state index < -0.39 is 11.8 Å². The summed E-state index contributed by atoms with van der Waals surface area (Å²) in [5, 5.41) is 0.0240. The van der Waals surface area contributed by atoms with E-state index in [1.807, 2.05) is 42.5 Å². The van der Waals surface area contributed by atoms with Gasteiger partial charge in [-0.3, -0.25) is 0 Å². The Hall–Kier alpha value is -2.65. The molecule has 0 atom stereocenters. The molecule has 4 heteroatoms. The summed E-state index contributed by atoms with van der Waals surface area (Å²) in [6.45, 7) is 0. The summed E-state index contributed by atoms with van der Waals surface area (Å²) < 4.78 is 18.9. The summed E-state index contributed by atoms with van der Waals surface area (Å²) in [7, 11) is 0. The molecule has 2 nitrogen and oxygen atoms in total. The number of rotatable bonds is 3. The smallest absolute Gasteiger partial charge is 0.348 e. The zero-order valence-corrected chi connectivity index (χ0v) is 12.8. The van der Waals surface area contributed by atoms with E-state index in [0.29, 0.717) is 5.75 Å². The van der Waals surface area contributed by atoms with Crippen molar-refractivity contribution in [3.8, 4) is 16.9 Å². The Bertz CT molecular complexity index is 809.